The molecule has 0 aliphatic heterocycles. The minimum Gasteiger partial charge on any atom is -0.363 e. The highest BCUT2D eigenvalue weighted by molar-refractivity contribution is 5.48. The summed E-state index contributed by atoms with van der Waals surface area (Å²) in [5.41, 5.74) is 2.97. The van der Waals surface area contributed by atoms with Crippen LogP contribution in [0.5, 0.6) is 0 Å². The quantitative estimate of drug-likeness (QED) is 0.881. The van der Waals surface area contributed by atoms with Gasteiger partial charge in [-0.05, 0) is 27.7 Å². The van der Waals surface area contributed by atoms with E-state index in [-0.39, 0.29) is 6.04 Å². The number of nitrogens with one attached hydrogen (secondary N) is 2. The summed E-state index contributed by atoms with van der Waals surface area (Å²) in [5, 5.41) is 10.3. The Hall–Kier alpha value is -2.11. The molecule has 102 valence electrons. The molecule has 2 aromatic rings. The molecule has 1 unspecified atom stereocenters. The summed E-state index contributed by atoms with van der Waals surface area (Å²) in [6, 6.07) is 0.0737. The monoisotopic (exact) mass is 261 g/mol. The Kier molecular flexibility index (Phi) is 3.69. The number of rotatable bonds is 4. The average molecular weight is 261 g/mol. The van der Waals surface area contributed by atoms with Gasteiger partial charge in [0.25, 0.3) is 0 Å². The number of aromatic nitrogens is 3. The summed E-state index contributed by atoms with van der Waals surface area (Å²) in [5.74, 6) is 2.24. The lowest BCUT2D eigenvalue weighted by Crippen LogP contribution is -2.12. The summed E-state index contributed by atoms with van der Waals surface area (Å²) < 4.78 is 5.19. The van der Waals surface area contributed by atoms with Gasteiger partial charge in [0.15, 0.2) is 0 Å². The Balaban J connectivity index is 2.26. The van der Waals surface area contributed by atoms with Crippen molar-refractivity contribution in [1.82, 2.24) is 15.1 Å². The second-order valence-corrected chi connectivity index (χ2v) is 4.58. The SMILES string of the molecule is CNc1ncc(C)c(NC(C)c2c(C)noc2C)n1. The van der Waals surface area contributed by atoms with Crippen molar-refractivity contribution >= 4 is 11.8 Å². The molecular formula is C13H19N5O. The summed E-state index contributed by atoms with van der Waals surface area (Å²) >= 11 is 0. The summed E-state index contributed by atoms with van der Waals surface area (Å²) in [6.07, 6.45) is 1.79. The fourth-order valence-electron chi connectivity index (χ4n) is 2.09. The van der Waals surface area contributed by atoms with Crippen LogP contribution in [0.2, 0.25) is 0 Å². The van der Waals surface area contributed by atoms with E-state index >= 15 is 0 Å². The van der Waals surface area contributed by atoms with E-state index in [2.05, 4.69) is 32.7 Å². The molecule has 0 aromatic carbocycles. The topological polar surface area (TPSA) is 75.9 Å². The van der Waals surface area contributed by atoms with Crippen molar-refractivity contribution in [3.63, 3.8) is 0 Å². The van der Waals surface area contributed by atoms with E-state index in [1.165, 1.54) is 0 Å². The average Bonchev–Trinajstić information content (AvgIpc) is 2.71. The van der Waals surface area contributed by atoms with E-state index in [1.807, 2.05) is 20.8 Å². The number of aryl methyl sites for hydroxylation is 3. The summed E-state index contributed by atoms with van der Waals surface area (Å²) in [7, 11) is 1.80. The van der Waals surface area contributed by atoms with E-state index in [4.69, 9.17) is 4.52 Å². The highest BCUT2D eigenvalue weighted by Gasteiger charge is 2.17. The first-order valence-electron chi connectivity index (χ1n) is 6.23. The van der Waals surface area contributed by atoms with Crippen LogP contribution < -0.4 is 10.6 Å². The first kappa shape index (κ1) is 13.3. The van der Waals surface area contributed by atoms with Gasteiger partial charge in [-0.25, -0.2) is 4.98 Å². The molecule has 6 heteroatoms. The van der Waals surface area contributed by atoms with Gasteiger partial charge in [-0.15, -0.1) is 0 Å². The minimum atomic E-state index is 0.0737. The summed E-state index contributed by atoms with van der Waals surface area (Å²) in [4.78, 5) is 8.59. The van der Waals surface area contributed by atoms with E-state index in [9.17, 15) is 0 Å². The second kappa shape index (κ2) is 5.26. The minimum absolute atomic E-state index is 0.0737. The first-order chi connectivity index (χ1) is 9.02. The van der Waals surface area contributed by atoms with Crippen LogP contribution in [-0.2, 0) is 0 Å². The lowest BCUT2D eigenvalue weighted by Gasteiger charge is -2.16. The van der Waals surface area contributed by atoms with Gasteiger partial charge in [0.1, 0.15) is 11.6 Å². The molecule has 0 aliphatic rings. The number of anilines is 2. The second-order valence-electron chi connectivity index (χ2n) is 4.58. The zero-order valence-corrected chi connectivity index (χ0v) is 11.9. The highest BCUT2D eigenvalue weighted by Crippen LogP contribution is 2.25. The van der Waals surface area contributed by atoms with Crippen molar-refractivity contribution in [3.8, 4) is 0 Å². The Bertz CT molecular complexity index is 559. The van der Waals surface area contributed by atoms with Gasteiger partial charge < -0.3 is 15.2 Å². The Morgan fingerprint density at radius 3 is 2.58 bits per heavy atom. The van der Waals surface area contributed by atoms with Crippen LogP contribution in [0.1, 0.15) is 35.5 Å². The van der Waals surface area contributed by atoms with Crippen LogP contribution in [0.25, 0.3) is 0 Å². The molecule has 0 bridgehead atoms. The molecule has 2 rings (SSSR count). The highest BCUT2D eigenvalue weighted by atomic mass is 16.5. The first-order valence-corrected chi connectivity index (χ1v) is 6.23. The van der Waals surface area contributed by atoms with Gasteiger partial charge in [-0.2, -0.15) is 4.98 Å². The Morgan fingerprint density at radius 2 is 2.00 bits per heavy atom. The van der Waals surface area contributed by atoms with Crippen molar-refractivity contribution in [2.45, 2.75) is 33.7 Å². The van der Waals surface area contributed by atoms with Crippen molar-refractivity contribution < 1.29 is 4.52 Å². The zero-order valence-electron chi connectivity index (χ0n) is 11.9. The molecule has 0 fully saturated rings. The number of hydrogen-bond acceptors (Lipinski definition) is 6. The molecule has 2 aromatic heterocycles. The smallest absolute Gasteiger partial charge is 0.224 e. The standard InChI is InChI=1S/C13H19N5O/c1-7-6-15-13(14-5)17-12(7)16-8(2)11-9(3)18-19-10(11)4/h6,8H,1-5H3,(H2,14,15,16,17). The predicted molar refractivity (Wildman–Crippen MR) is 74.3 cm³/mol. The molecular weight excluding hydrogens is 242 g/mol. The molecule has 6 nitrogen and oxygen atoms in total. The molecule has 0 spiro atoms. The molecule has 1 atom stereocenters. The fourth-order valence-corrected chi connectivity index (χ4v) is 2.09. The fraction of sp³-hybridized carbons (Fsp3) is 0.462. The van der Waals surface area contributed by atoms with E-state index in [1.54, 1.807) is 13.2 Å². The van der Waals surface area contributed by atoms with Crippen LogP contribution in [0.15, 0.2) is 10.7 Å². The normalized spacial score (nSPS) is 12.3. The molecule has 0 saturated heterocycles. The van der Waals surface area contributed by atoms with E-state index < -0.39 is 0 Å². The van der Waals surface area contributed by atoms with Gasteiger partial charge in [0.2, 0.25) is 5.95 Å². The van der Waals surface area contributed by atoms with Crippen molar-refractivity contribution in [3.05, 3.63) is 28.8 Å². The van der Waals surface area contributed by atoms with Crippen molar-refractivity contribution in [1.29, 1.82) is 0 Å². The van der Waals surface area contributed by atoms with Crippen LogP contribution in [-0.4, -0.2) is 22.2 Å². The largest absolute Gasteiger partial charge is 0.363 e. The van der Waals surface area contributed by atoms with Crippen LogP contribution in [0.3, 0.4) is 0 Å². The third-order valence-electron chi connectivity index (χ3n) is 3.07. The maximum Gasteiger partial charge on any atom is 0.224 e. The third kappa shape index (κ3) is 2.67. The Labute approximate surface area is 112 Å². The molecule has 2 N–H and O–H groups in total. The lowest BCUT2D eigenvalue weighted by atomic mass is 10.1. The van der Waals surface area contributed by atoms with Crippen molar-refractivity contribution in [2.75, 3.05) is 17.7 Å². The van der Waals surface area contributed by atoms with E-state index in [0.29, 0.717) is 5.95 Å². The molecule has 0 aliphatic carbocycles. The van der Waals surface area contributed by atoms with Crippen molar-refractivity contribution in [2.24, 2.45) is 0 Å². The van der Waals surface area contributed by atoms with Gasteiger partial charge in [-0.1, -0.05) is 5.16 Å². The maximum absolute atomic E-state index is 5.19. The maximum atomic E-state index is 5.19. The number of nitrogens with zero attached hydrogens (tertiary/aromatic N) is 3. The third-order valence-corrected chi connectivity index (χ3v) is 3.07. The molecule has 0 radical (unpaired) electrons. The molecule has 2 heterocycles. The van der Waals surface area contributed by atoms with Gasteiger partial charge in [-0.3, -0.25) is 0 Å². The van der Waals surface area contributed by atoms with Crippen LogP contribution in [0.4, 0.5) is 11.8 Å². The zero-order chi connectivity index (χ0) is 14.0. The molecule has 0 saturated carbocycles. The predicted octanol–water partition coefficient (Wildman–Crippen LogP) is 2.60. The van der Waals surface area contributed by atoms with Crippen LogP contribution >= 0.6 is 0 Å². The Morgan fingerprint density at radius 1 is 1.26 bits per heavy atom. The van der Waals surface area contributed by atoms with Gasteiger partial charge in [0, 0.05) is 24.4 Å². The lowest BCUT2D eigenvalue weighted by molar-refractivity contribution is 0.392. The number of hydrogen-bond donors (Lipinski definition) is 2. The molecule has 19 heavy (non-hydrogen) atoms. The van der Waals surface area contributed by atoms with Crippen LogP contribution in [0, 0.1) is 20.8 Å². The van der Waals surface area contributed by atoms with Gasteiger partial charge in [0.05, 0.1) is 11.7 Å². The van der Waals surface area contributed by atoms with Gasteiger partial charge >= 0.3 is 0 Å². The van der Waals surface area contributed by atoms with E-state index in [0.717, 1.165) is 28.4 Å². The molecule has 0 amide bonds. The summed E-state index contributed by atoms with van der Waals surface area (Å²) in [6.45, 7) is 7.89.